The van der Waals surface area contributed by atoms with Crippen LogP contribution in [0.2, 0.25) is 0 Å². The smallest absolute Gasteiger partial charge is 0.168 e. The lowest BCUT2D eigenvalue weighted by Gasteiger charge is -2.30. The quantitative estimate of drug-likeness (QED) is 0.340. The Morgan fingerprint density at radius 1 is 0.727 bits per heavy atom. The molecule has 0 aromatic heterocycles. The minimum atomic E-state index is -0.0836. The zero-order valence-corrected chi connectivity index (χ0v) is 18.8. The van der Waals surface area contributed by atoms with Crippen LogP contribution >= 0.6 is 0 Å². The van der Waals surface area contributed by atoms with Gasteiger partial charge in [-0.3, -0.25) is 4.79 Å². The first-order valence-electron chi connectivity index (χ1n) is 11.8. The van der Waals surface area contributed by atoms with Crippen LogP contribution in [-0.2, 0) is 0 Å². The van der Waals surface area contributed by atoms with Crippen molar-refractivity contribution in [2.45, 2.75) is 24.8 Å². The van der Waals surface area contributed by atoms with Gasteiger partial charge in [0, 0.05) is 41.6 Å². The summed E-state index contributed by atoms with van der Waals surface area (Å²) in [5.74, 6) is 0.526. The van der Waals surface area contributed by atoms with Crippen LogP contribution in [0.25, 0.3) is 0 Å². The van der Waals surface area contributed by atoms with Gasteiger partial charge in [0.05, 0.1) is 0 Å². The van der Waals surface area contributed by atoms with E-state index in [9.17, 15) is 4.79 Å². The Kier molecular flexibility index (Phi) is 4.87. The van der Waals surface area contributed by atoms with Gasteiger partial charge in [0.15, 0.2) is 5.78 Å². The lowest BCUT2D eigenvalue weighted by Crippen LogP contribution is -2.32. The molecule has 0 bridgehead atoms. The van der Waals surface area contributed by atoms with Gasteiger partial charge in [0.25, 0.3) is 0 Å². The van der Waals surface area contributed by atoms with E-state index in [4.69, 9.17) is 0 Å². The summed E-state index contributed by atoms with van der Waals surface area (Å²) in [4.78, 5) is 16.4. The van der Waals surface area contributed by atoms with Crippen LogP contribution in [0.15, 0.2) is 109 Å². The van der Waals surface area contributed by atoms with Gasteiger partial charge >= 0.3 is 0 Å². The lowest BCUT2D eigenvalue weighted by atomic mass is 9.74. The number of hydrogen-bond acceptors (Lipinski definition) is 2. The molecule has 6 rings (SSSR count). The number of aryl methyl sites for hydroxylation is 1. The fourth-order valence-corrected chi connectivity index (χ4v) is 6.04. The van der Waals surface area contributed by atoms with Crippen LogP contribution in [0.1, 0.15) is 44.4 Å². The molecule has 1 saturated heterocycles. The van der Waals surface area contributed by atoms with E-state index < -0.39 is 0 Å². The molecule has 0 spiro atoms. The highest BCUT2D eigenvalue weighted by molar-refractivity contribution is 5.99. The van der Waals surface area contributed by atoms with E-state index in [-0.39, 0.29) is 29.6 Å². The van der Waals surface area contributed by atoms with Crippen LogP contribution in [0, 0.1) is 12.8 Å². The van der Waals surface area contributed by atoms with Gasteiger partial charge in [-0.2, -0.15) is 0 Å². The second-order valence-corrected chi connectivity index (χ2v) is 9.36. The predicted molar refractivity (Wildman–Crippen MR) is 134 cm³/mol. The topological polar surface area (TPSA) is 20.3 Å². The maximum atomic E-state index is 13.9. The van der Waals surface area contributed by atoms with Crippen molar-refractivity contribution < 1.29 is 4.79 Å². The number of Topliss-reactive ketones (excluding diaryl/α,β-unsaturated/α-hetero) is 1. The zero-order chi connectivity index (χ0) is 22.4. The third kappa shape index (κ3) is 3.29. The largest absolute Gasteiger partial charge is 0.366 e. The number of para-hydroxylation sites is 1. The van der Waals surface area contributed by atoms with Crippen molar-refractivity contribution in [3.63, 3.8) is 0 Å². The predicted octanol–water partition coefficient (Wildman–Crippen LogP) is 6.61. The number of nitrogens with zero attached hydrogens (tertiary/aromatic N) is 1. The van der Waals surface area contributed by atoms with Crippen LogP contribution in [-0.4, -0.2) is 18.4 Å². The van der Waals surface area contributed by atoms with E-state index in [0.717, 1.165) is 12.1 Å². The van der Waals surface area contributed by atoms with Crippen LogP contribution in [0.5, 0.6) is 0 Å². The number of carbonyl (C=O) groups excluding carboxylic acids is 1. The van der Waals surface area contributed by atoms with Crippen molar-refractivity contribution in [1.82, 2.24) is 0 Å². The first-order chi connectivity index (χ1) is 16.2. The van der Waals surface area contributed by atoms with Gasteiger partial charge in [-0.1, -0.05) is 109 Å². The van der Waals surface area contributed by atoms with Gasteiger partial charge in [0.2, 0.25) is 0 Å². The van der Waals surface area contributed by atoms with Crippen LogP contribution in [0.4, 0.5) is 5.69 Å². The molecule has 2 heteroatoms. The Morgan fingerprint density at radius 3 is 2.09 bits per heavy atom. The first-order valence-corrected chi connectivity index (χ1v) is 11.8. The Hall–Kier alpha value is -3.65. The highest BCUT2D eigenvalue weighted by Crippen LogP contribution is 2.55. The van der Waals surface area contributed by atoms with E-state index >= 15 is 0 Å². The molecule has 0 aliphatic carbocycles. The third-order valence-electron chi connectivity index (χ3n) is 7.49. The summed E-state index contributed by atoms with van der Waals surface area (Å²) < 4.78 is 0. The van der Waals surface area contributed by atoms with Gasteiger partial charge in [-0.05, 0) is 29.7 Å². The number of rotatable bonds is 4. The van der Waals surface area contributed by atoms with Crippen molar-refractivity contribution in [2.24, 2.45) is 5.92 Å². The minimum Gasteiger partial charge on any atom is -0.366 e. The van der Waals surface area contributed by atoms with Gasteiger partial charge in [0.1, 0.15) is 0 Å². The number of fused-ring (bicyclic) bond motifs is 3. The highest BCUT2D eigenvalue weighted by Gasteiger charge is 2.53. The lowest BCUT2D eigenvalue weighted by molar-refractivity contribution is 0.0917. The summed E-state index contributed by atoms with van der Waals surface area (Å²) in [6.45, 7) is 2.87. The van der Waals surface area contributed by atoms with E-state index in [1.165, 1.54) is 27.9 Å². The fourth-order valence-electron chi connectivity index (χ4n) is 6.04. The van der Waals surface area contributed by atoms with Crippen molar-refractivity contribution in [2.75, 3.05) is 11.4 Å². The Bertz CT molecular complexity index is 1280. The molecule has 162 valence electrons. The summed E-state index contributed by atoms with van der Waals surface area (Å²) in [5, 5.41) is 0. The molecule has 0 amide bonds. The molecule has 33 heavy (non-hydrogen) atoms. The molecule has 0 saturated carbocycles. The Labute approximate surface area is 195 Å². The second-order valence-electron chi connectivity index (χ2n) is 9.36. The van der Waals surface area contributed by atoms with Crippen molar-refractivity contribution in [3.8, 4) is 0 Å². The molecule has 2 heterocycles. The molecule has 0 N–H and O–H groups in total. The van der Waals surface area contributed by atoms with Crippen molar-refractivity contribution >= 4 is 11.5 Å². The molecule has 2 nitrogen and oxygen atoms in total. The molecule has 2 unspecified atom stereocenters. The van der Waals surface area contributed by atoms with Gasteiger partial charge in [-0.15, -0.1) is 0 Å². The molecule has 2 aliphatic heterocycles. The van der Waals surface area contributed by atoms with E-state index in [2.05, 4.69) is 90.7 Å². The maximum absolute atomic E-state index is 13.9. The van der Waals surface area contributed by atoms with Gasteiger partial charge < -0.3 is 4.90 Å². The van der Waals surface area contributed by atoms with Crippen LogP contribution < -0.4 is 4.90 Å². The summed E-state index contributed by atoms with van der Waals surface area (Å²) in [6, 6.07) is 38.4. The van der Waals surface area contributed by atoms with Crippen molar-refractivity contribution in [1.29, 1.82) is 0 Å². The average molecular weight is 430 g/mol. The first kappa shape index (κ1) is 20.0. The molecular weight excluding hydrogens is 402 g/mol. The van der Waals surface area contributed by atoms with E-state index in [0.29, 0.717) is 0 Å². The molecular formula is C31H27NO. The number of carbonyl (C=O) groups is 1. The molecule has 4 atom stereocenters. The van der Waals surface area contributed by atoms with Crippen molar-refractivity contribution in [3.05, 3.63) is 137 Å². The summed E-state index contributed by atoms with van der Waals surface area (Å²) >= 11 is 0. The number of benzene rings is 4. The summed E-state index contributed by atoms with van der Waals surface area (Å²) in [5.41, 5.74) is 7.28. The minimum absolute atomic E-state index is 0.0836. The van der Waals surface area contributed by atoms with E-state index in [1.54, 1.807) is 0 Å². The van der Waals surface area contributed by atoms with Gasteiger partial charge in [-0.25, -0.2) is 0 Å². The highest BCUT2D eigenvalue weighted by atomic mass is 16.1. The van der Waals surface area contributed by atoms with Crippen LogP contribution in [0.3, 0.4) is 0 Å². The Balaban J connectivity index is 1.52. The third-order valence-corrected chi connectivity index (χ3v) is 7.49. The zero-order valence-electron chi connectivity index (χ0n) is 18.8. The summed E-state index contributed by atoms with van der Waals surface area (Å²) in [7, 11) is 0. The number of ketones is 1. The Morgan fingerprint density at radius 2 is 1.36 bits per heavy atom. The molecule has 4 aromatic carbocycles. The number of anilines is 1. The summed E-state index contributed by atoms with van der Waals surface area (Å²) in [6.07, 6.45) is 0. The molecule has 2 aliphatic rings. The normalized spacial score (nSPS) is 23.2. The number of hydrogen-bond donors (Lipinski definition) is 0. The monoisotopic (exact) mass is 429 g/mol. The standard InChI is InChI=1S/C31H27NO/c1-21-16-18-23(19-17-21)29-26(31(33)24-12-6-3-7-13-24)20-32-27-15-9-8-14-25(27)28(30(29)32)22-10-4-2-5-11-22/h2-19,26,28-30H,20H2,1H3/t26-,28?,29-,30?/m0/s1. The molecule has 1 fully saturated rings. The van der Waals surface area contributed by atoms with E-state index in [1.807, 2.05) is 30.3 Å². The second kappa shape index (κ2) is 8.04. The molecule has 4 aromatic rings. The molecule has 0 radical (unpaired) electrons. The average Bonchev–Trinajstić information content (AvgIpc) is 3.40. The maximum Gasteiger partial charge on any atom is 0.168 e. The SMILES string of the molecule is Cc1ccc([C@@H]2C3C(c4ccccc4)c4ccccc4N3C[C@@H]2C(=O)c2ccccc2)cc1. The fraction of sp³-hybridized carbons (Fsp3) is 0.194.